The Balaban J connectivity index is 1.75. The van der Waals surface area contributed by atoms with Crippen LogP contribution in [0.3, 0.4) is 0 Å². The van der Waals surface area contributed by atoms with Crippen LogP contribution in [0.25, 0.3) is 33.7 Å². The van der Waals surface area contributed by atoms with E-state index in [0.29, 0.717) is 20.6 Å². The molecule has 0 amide bonds. The molecule has 0 aliphatic carbocycles. The zero-order chi connectivity index (χ0) is 18.8. The first-order valence-electron chi connectivity index (χ1n) is 8.16. The van der Waals surface area contributed by atoms with E-state index in [1.165, 1.54) is 11.3 Å². The number of hydrogen-bond acceptors (Lipinski definition) is 3. The first-order valence-corrected chi connectivity index (χ1v) is 9.80. The van der Waals surface area contributed by atoms with Gasteiger partial charge in [-0.3, -0.25) is 0 Å². The highest BCUT2D eigenvalue weighted by Crippen LogP contribution is 2.32. The maximum absolute atomic E-state index is 9.68. The minimum atomic E-state index is 0.482. The van der Waals surface area contributed by atoms with Crippen LogP contribution in [0.15, 0.2) is 66.0 Å². The summed E-state index contributed by atoms with van der Waals surface area (Å²) in [6, 6.07) is 21.9. The highest BCUT2D eigenvalue weighted by Gasteiger charge is 2.11. The van der Waals surface area contributed by atoms with E-state index in [0.717, 1.165) is 27.6 Å². The summed E-state index contributed by atoms with van der Waals surface area (Å²) in [7, 11) is 0. The number of allylic oxidation sites excluding steroid dienone is 1. The number of aromatic nitrogens is 1. The highest BCUT2D eigenvalue weighted by molar-refractivity contribution is 7.11. The van der Waals surface area contributed by atoms with E-state index in [2.05, 4.69) is 29.3 Å². The lowest BCUT2D eigenvalue weighted by molar-refractivity contribution is 1.37. The van der Waals surface area contributed by atoms with Crippen LogP contribution in [0.4, 0.5) is 0 Å². The van der Waals surface area contributed by atoms with E-state index in [-0.39, 0.29) is 0 Å². The molecule has 0 aliphatic rings. The summed E-state index contributed by atoms with van der Waals surface area (Å²) in [6.45, 7) is 0. The molecule has 4 aromatic rings. The van der Waals surface area contributed by atoms with Crippen molar-refractivity contribution in [3.8, 4) is 17.3 Å². The molecule has 0 aliphatic heterocycles. The van der Waals surface area contributed by atoms with Crippen molar-refractivity contribution in [2.24, 2.45) is 0 Å². The maximum atomic E-state index is 9.68. The lowest BCUT2D eigenvalue weighted by atomic mass is 10.0. The number of nitrogens with zero attached hydrogens (tertiary/aromatic N) is 2. The monoisotopic (exact) mass is 406 g/mol. The summed E-state index contributed by atoms with van der Waals surface area (Å²) in [5, 5.41) is 15.5. The van der Waals surface area contributed by atoms with E-state index in [1.807, 2.05) is 41.8 Å². The molecule has 4 rings (SSSR count). The van der Waals surface area contributed by atoms with Gasteiger partial charge in [0.25, 0.3) is 0 Å². The molecule has 0 spiro atoms. The molecule has 1 heterocycles. The minimum absolute atomic E-state index is 0.482. The number of hydrogen-bond donors (Lipinski definition) is 0. The zero-order valence-corrected chi connectivity index (χ0v) is 16.3. The highest BCUT2D eigenvalue weighted by atomic mass is 35.5. The van der Waals surface area contributed by atoms with E-state index in [4.69, 9.17) is 23.2 Å². The van der Waals surface area contributed by atoms with Crippen LogP contribution in [0, 0.1) is 11.3 Å². The second kappa shape index (κ2) is 7.54. The average Bonchev–Trinajstić information content (AvgIpc) is 3.18. The second-order valence-corrected chi connectivity index (χ2v) is 7.58. The zero-order valence-electron chi connectivity index (χ0n) is 14.0. The van der Waals surface area contributed by atoms with Gasteiger partial charge < -0.3 is 0 Å². The summed E-state index contributed by atoms with van der Waals surface area (Å²) in [6.07, 6.45) is 1.89. The van der Waals surface area contributed by atoms with Gasteiger partial charge in [0, 0.05) is 10.9 Å². The Hall–Kier alpha value is -2.64. The smallest absolute Gasteiger partial charge is 0.134 e. The first kappa shape index (κ1) is 17.8. The summed E-state index contributed by atoms with van der Waals surface area (Å²) in [5.41, 5.74) is 3.17. The molecule has 5 heteroatoms. The van der Waals surface area contributed by atoms with Gasteiger partial charge in [-0.15, -0.1) is 11.3 Å². The predicted octanol–water partition coefficient (Wildman–Crippen LogP) is 7.33. The molecular weight excluding hydrogens is 395 g/mol. The molecule has 0 atom stereocenters. The number of thiazole rings is 1. The normalized spacial score (nSPS) is 11.5. The van der Waals surface area contributed by atoms with Gasteiger partial charge >= 0.3 is 0 Å². The molecule has 0 saturated heterocycles. The van der Waals surface area contributed by atoms with Crippen LogP contribution in [0.1, 0.15) is 10.6 Å². The largest absolute Gasteiger partial charge is 0.235 e. The fourth-order valence-corrected chi connectivity index (χ4v) is 3.95. The fraction of sp³-hybridized carbons (Fsp3) is 0. The molecule has 130 valence electrons. The third-order valence-corrected chi connectivity index (χ3v) is 5.81. The third-order valence-electron chi connectivity index (χ3n) is 4.19. The Labute approximate surface area is 170 Å². The molecule has 1 aromatic heterocycles. The van der Waals surface area contributed by atoms with Crippen LogP contribution >= 0.6 is 34.5 Å². The number of benzene rings is 3. The quantitative estimate of drug-likeness (QED) is 0.333. The Morgan fingerprint density at radius 1 is 1.00 bits per heavy atom. The van der Waals surface area contributed by atoms with Crippen LogP contribution in [-0.2, 0) is 0 Å². The van der Waals surface area contributed by atoms with Gasteiger partial charge in [0.1, 0.15) is 11.1 Å². The average molecular weight is 407 g/mol. The van der Waals surface area contributed by atoms with E-state index < -0.39 is 0 Å². The van der Waals surface area contributed by atoms with Crippen molar-refractivity contribution in [3.05, 3.63) is 86.7 Å². The molecular formula is C22H12Cl2N2S. The van der Waals surface area contributed by atoms with Crippen LogP contribution in [-0.4, -0.2) is 4.98 Å². The number of rotatable bonds is 3. The SMILES string of the molecule is N#C/C(=C/c1cccc2ccccc12)c1nc(-c2ccc(Cl)c(Cl)c2)cs1. The minimum Gasteiger partial charge on any atom is -0.235 e. The van der Waals surface area contributed by atoms with Crippen molar-refractivity contribution >= 4 is 57.0 Å². The standard InChI is InChI=1S/C22H12Cl2N2S/c23-19-9-8-16(11-20(19)24)21-13-27-22(26-21)17(12-25)10-15-6-3-5-14-4-1-2-7-18(14)15/h1-11,13H/b17-10-. The summed E-state index contributed by atoms with van der Waals surface area (Å²) >= 11 is 13.5. The van der Waals surface area contributed by atoms with E-state index in [1.54, 1.807) is 12.1 Å². The molecule has 27 heavy (non-hydrogen) atoms. The van der Waals surface area contributed by atoms with Crippen molar-refractivity contribution in [1.29, 1.82) is 5.26 Å². The molecule has 0 saturated carbocycles. The van der Waals surface area contributed by atoms with Gasteiger partial charge in [-0.25, -0.2) is 4.98 Å². The topological polar surface area (TPSA) is 36.7 Å². The number of halogens is 2. The molecule has 0 N–H and O–H groups in total. The van der Waals surface area contributed by atoms with E-state index in [9.17, 15) is 5.26 Å². The van der Waals surface area contributed by atoms with Gasteiger partial charge in [-0.05, 0) is 34.5 Å². The maximum Gasteiger partial charge on any atom is 0.134 e. The van der Waals surface area contributed by atoms with Crippen molar-refractivity contribution in [2.45, 2.75) is 0 Å². The van der Waals surface area contributed by atoms with Gasteiger partial charge in [0.05, 0.1) is 21.3 Å². The Kier molecular flexibility index (Phi) is 4.96. The number of nitriles is 1. The molecule has 0 radical (unpaired) electrons. The van der Waals surface area contributed by atoms with Crippen molar-refractivity contribution in [1.82, 2.24) is 4.98 Å². The van der Waals surface area contributed by atoms with Gasteiger partial charge in [-0.1, -0.05) is 71.7 Å². The van der Waals surface area contributed by atoms with Gasteiger partial charge in [0.2, 0.25) is 0 Å². The summed E-state index contributed by atoms with van der Waals surface area (Å²) in [4.78, 5) is 4.62. The van der Waals surface area contributed by atoms with E-state index >= 15 is 0 Å². The molecule has 0 unspecified atom stereocenters. The third kappa shape index (κ3) is 3.61. The van der Waals surface area contributed by atoms with Crippen molar-refractivity contribution < 1.29 is 0 Å². The first-order chi connectivity index (χ1) is 13.2. The lowest BCUT2D eigenvalue weighted by Crippen LogP contribution is -1.84. The van der Waals surface area contributed by atoms with Gasteiger partial charge in [-0.2, -0.15) is 5.26 Å². The second-order valence-electron chi connectivity index (χ2n) is 5.90. The summed E-state index contributed by atoms with van der Waals surface area (Å²) in [5.74, 6) is 0. The molecule has 0 fully saturated rings. The van der Waals surface area contributed by atoms with Crippen molar-refractivity contribution in [3.63, 3.8) is 0 Å². The summed E-state index contributed by atoms with van der Waals surface area (Å²) < 4.78 is 0. The molecule has 0 bridgehead atoms. The van der Waals surface area contributed by atoms with Crippen LogP contribution < -0.4 is 0 Å². The Morgan fingerprint density at radius 2 is 1.81 bits per heavy atom. The fourth-order valence-electron chi connectivity index (χ4n) is 2.86. The number of fused-ring (bicyclic) bond motifs is 1. The Bertz CT molecular complexity index is 1210. The van der Waals surface area contributed by atoms with Crippen LogP contribution in [0.2, 0.25) is 10.0 Å². The molecule has 2 nitrogen and oxygen atoms in total. The van der Waals surface area contributed by atoms with Crippen molar-refractivity contribution in [2.75, 3.05) is 0 Å². The van der Waals surface area contributed by atoms with Crippen LogP contribution in [0.5, 0.6) is 0 Å². The van der Waals surface area contributed by atoms with Gasteiger partial charge in [0.15, 0.2) is 0 Å². The molecule has 3 aromatic carbocycles. The predicted molar refractivity (Wildman–Crippen MR) is 115 cm³/mol. The Morgan fingerprint density at radius 3 is 2.63 bits per heavy atom. The lowest BCUT2D eigenvalue weighted by Gasteiger charge is -2.02.